The molecule has 0 amide bonds. The molecule has 144 valence electrons. The van der Waals surface area contributed by atoms with E-state index in [1.54, 1.807) is 0 Å². The zero-order valence-corrected chi connectivity index (χ0v) is 14.1. The predicted molar refractivity (Wildman–Crippen MR) is 69.9 cm³/mol. The highest BCUT2D eigenvalue weighted by molar-refractivity contribution is 7.46. The minimum atomic E-state index is -5.36. The van der Waals surface area contributed by atoms with Crippen molar-refractivity contribution < 1.29 is 71.6 Å². The van der Waals surface area contributed by atoms with Crippen molar-refractivity contribution >= 4 is 29.8 Å². The lowest BCUT2D eigenvalue weighted by atomic mass is 10.0. The molecular weight excluding hydrogens is 405 g/mol. The smallest absolute Gasteiger partial charge is 0.387 e. The van der Waals surface area contributed by atoms with Gasteiger partial charge in [-0.15, -0.1) is 0 Å². The van der Waals surface area contributed by atoms with E-state index < -0.39 is 54.5 Å². The van der Waals surface area contributed by atoms with E-state index in [4.69, 9.17) is 29.4 Å². The quantitative estimate of drug-likeness (QED) is 0.122. The lowest BCUT2D eigenvalue weighted by molar-refractivity contribution is -0.133. The molecule has 24 heavy (non-hydrogen) atoms. The molecule has 15 nitrogen and oxygen atoms in total. The van der Waals surface area contributed by atoms with Crippen molar-refractivity contribution in [3.05, 3.63) is 0 Å². The average Bonchev–Trinajstić information content (AvgIpc) is 2.35. The maximum atomic E-state index is 10.8. The molecule has 0 fully saturated rings. The second kappa shape index (κ2) is 9.03. The summed E-state index contributed by atoms with van der Waals surface area (Å²) in [6, 6.07) is 0. The number of carbonyl (C=O) groups excluding carboxylic acids is 1. The number of phosphoric acid groups is 3. The fourth-order valence-corrected chi connectivity index (χ4v) is 2.65. The summed E-state index contributed by atoms with van der Waals surface area (Å²) >= 11 is 0. The summed E-state index contributed by atoms with van der Waals surface area (Å²) in [5.74, 6) is 0. The Morgan fingerprint density at radius 3 is 1.58 bits per heavy atom. The van der Waals surface area contributed by atoms with Crippen LogP contribution in [0.3, 0.4) is 0 Å². The molecular formula is C6H15O15P3. The van der Waals surface area contributed by atoms with Gasteiger partial charge in [-0.05, 0) is 0 Å². The highest BCUT2D eigenvalue weighted by atomic mass is 31.2. The van der Waals surface area contributed by atoms with Crippen molar-refractivity contribution in [2.45, 2.75) is 24.4 Å². The molecule has 0 rings (SSSR count). The van der Waals surface area contributed by atoms with Crippen molar-refractivity contribution in [2.75, 3.05) is 6.61 Å². The van der Waals surface area contributed by atoms with Gasteiger partial charge in [0.2, 0.25) is 0 Å². The highest BCUT2D eigenvalue weighted by Crippen LogP contribution is 2.42. The minimum Gasteiger partial charge on any atom is -0.387 e. The van der Waals surface area contributed by atoms with Gasteiger partial charge in [-0.2, -0.15) is 0 Å². The predicted octanol–water partition coefficient (Wildman–Crippen LogP) is -3.03. The van der Waals surface area contributed by atoms with Crippen LogP contribution >= 0.6 is 23.5 Å². The normalized spacial score (nSPS) is 18.7. The summed E-state index contributed by atoms with van der Waals surface area (Å²) in [6.07, 6.45) is -10.0. The Labute approximate surface area is 133 Å². The molecule has 18 heteroatoms. The summed E-state index contributed by atoms with van der Waals surface area (Å²) in [6.45, 7) is -1.37. The topological polar surface area (TPSA) is 258 Å². The van der Waals surface area contributed by atoms with Crippen LogP contribution in [-0.2, 0) is 32.1 Å². The van der Waals surface area contributed by atoms with E-state index in [1.165, 1.54) is 0 Å². The van der Waals surface area contributed by atoms with Crippen molar-refractivity contribution in [3.8, 4) is 0 Å². The molecule has 0 spiro atoms. The molecule has 0 aliphatic rings. The second-order valence-electron chi connectivity index (χ2n) is 4.10. The summed E-state index contributed by atoms with van der Waals surface area (Å²) in [5.41, 5.74) is 0. The van der Waals surface area contributed by atoms with E-state index in [-0.39, 0.29) is 6.29 Å². The monoisotopic (exact) mass is 420 g/mol. The zero-order valence-electron chi connectivity index (χ0n) is 11.4. The molecule has 4 atom stereocenters. The summed E-state index contributed by atoms with van der Waals surface area (Å²) in [4.78, 5) is 62.1. The molecule has 0 aromatic rings. The maximum absolute atomic E-state index is 10.8. The molecule has 0 unspecified atom stereocenters. The van der Waals surface area contributed by atoms with Crippen LogP contribution in [0.15, 0.2) is 0 Å². The van der Waals surface area contributed by atoms with Gasteiger partial charge in [-0.3, -0.25) is 13.6 Å². The number of aldehydes is 1. The van der Waals surface area contributed by atoms with Gasteiger partial charge in [0.15, 0.2) is 12.4 Å². The van der Waals surface area contributed by atoms with Crippen LogP contribution in [0.25, 0.3) is 0 Å². The Hall–Kier alpha value is -0.0800. The van der Waals surface area contributed by atoms with Crippen LogP contribution in [0, 0.1) is 0 Å². The van der Waals surface area contributed by atoms with Crippen LogP contribution in [-0.4, -0.2) is 76.9 Å². The van der Waals surface area contributed by atoms with Gasteiger partial charge in [-0.25, -0.2) is 13.7 Å². The van der Waals surface area contributed by atoms with Crippen LogP contribution in [0.4, 0.5) is 0 Å². The molecule has 0 saturated heterocycles. The lowest BCUT2D eigenvalue weighted by Crippen LogP contribution is -2.48. The number of aliphatic hydroxyl groups is 2. The van der Waals surface area contributed by atoms with Gasteiger partial charge in [-0.1, -0.05) is 0 Å². The first-order valence-corrected chi connectivity index (χ1v) is 10.1. The number of aliphatic hydroxyl groups excluding tert-OH is 2. The van der Waals surface area contributed by atoms with E-state index in [0.29, 0.717) is 0 Å². The van der Waals surface area contributed by atoms with E-state index in [1.807, 2.05) is 0 Å². The SMILES string of the molecule is O=C[C@H](OP(=O)(O)O)[C@@H](O)[C@H](O)[C@@H](COP(=O)(O)O)OP(=O)(O)O. The van der Waals surface area contributed by atoms with Crippen molar-refractivity contribution in [1.82, 2.24) is 0 Å². The van der Waals surface area contributed by atoms with Crippen LogP contribution < -0.4 is 0 Å². The Balaban J connectivity index is 5.28. The Bertz CT molecular complexity index is 543. The van der Waals surface area contributed by atoms with Gasteiger partial charge in [0.1, 0.15) is 18.3 Å². The standard InChI is InChI=1S/C6H15O15P3/c7-1-3(20-23(13,14)15)5(8)6(9)4(21-24(16,17)18)2-19-22(10,11)12/h1,3-6,8-9H,2H2,(H2,10,11,12)(H2,13,14,15)(H2,16,17,18)/t3-,4+,5+,6+/m0/s1. The van der Waals surface area contributed by atoms with Crippen LogP contribution in [0.1, 0.15) is 0 Å². The van der Waals surface area contributed by atoms with Crippen LogP contribution in [0.2, 0.25) is 0 Å². The largest absolute Gasteiger partial charge is 0.470 e. The first-order chi connectivity index (χ1) is 10.6. The van der Waals surface area contributed by atoms with E-state index >= 15 is 0 Å². The number of carbonyl (C=O) groups is 1. The first kappa shape index (κ1) is 23.9. The zero-order chi connectivity index (χ0) is 19.3. The Morgan fingerprint density at radius 1 is 0.792 bits per heavy atom. The highest BCUT2D eigenvalue weighted by Gasteiger charge is 2.40. The molecule has 8 N–H and O–H groups in total. The first-order valence-electron chi connectivity index (χ1n) is 5.55. The van der Waals surface area contributed by atoms with Gasteiger partial charge < -0.3 is 44.4 Å². The van der Waals surface area contributed by atoms with E-state index in [9.17, 15) is 28.7 Å². The lowest BCUT2D eigenvalue weighted by Gasteiger charge is -2.29. The minimum absolute atomic E-state index is 0.342. The van der Waals surface area contributed by atoms with E-state index in [0.717, 1.165) is 0 Å². The number of hydrogen-bond donors (Lipinski definition) is 8. The Morgan fingerprint density at radius 2 is 1.25 bits per heavy atom. The van der Waals surface area contributed by atoms with Crippen molar-refractivity contribution in [2.24, 2.45) is 0 Å². The van der Waals surface area contributed by atoms with Gasteiger partial charge in [0.25, 0.3) is 0 Å². The van der Waals surface area contributed by atoms with Gasteiger partial charge >= 0.3 is 23.5 Å². The third-order valence-corrected chi connectivity index (χ3v) is 3.69. The fourth-order valence-electron chi connectivity index (χ4n) is 1.28. The second-order valence-corrected chi connectivity index (χ2v) is 7.72. The summed E-state index contributed by atoms with van der Waals surface area (Å²) in [5, 5.41) is 19.3. The average molecular weight is 420 g/mol. The Kier molecular flexibility index (Phi) is 9.00. The number of phosphoric ester groups is 3. The summed E-state index contributed by atoms with van der Waals surface area (Å²) in [7, 11) is -15.8. The molecule has 0 aliphatic heterocycles. The number of rotatable bonds is 11. The van der Waals surface area contributed by atoms with Crippen molar-refractivity contribution in [1.29, 1.82) is 0 Å². The molecule has 0 aromatic carbocycles. The fraction of sp³-hybridized carbons (Fsp3) is 0.833. The van der Waals surface area contributed by atoms with Crippen LogP contribution in [0.5, 0.6) is 0 Å². The molecule has 0 saturated carbocycles. The number of hydrogen-bond acceptors (Lipinski definition) is 9. The molecule has 0 heterocycles. The van der Waals surface area contributed by atoms with E-state index in [2.05, 4.69) is 13.6 Å². The van der Waals surface area contributed by atoms with Crippen molar-refractivity contribution in [3.63, 3.8) is 0 Å². The third-order valence-electron chi connectivity index (χ3n) is 2.14. The third kappa shape index (κ3) is 10.7. The maximum Gasteiger partial charge on any atom is 0.470 e. The molecule has 0 aromatic heterocycles. The molecule has 0 aliphatic carbocycles. The molecule has 0 bridgehead atoms. The van der Waals surface area contributed by atoms with Gasteiger partial charge in [0.05, 0.1) is 6.61 Å². The molecule has 0 radical (unpaired) electrons. The van der Waals surface area contributed by atoms with Gasteiger partial charge in [0, 0.05) is 0 Å². The summed E-state index contributed by atoms with van der Waals surface area (Å²) < 4.78 is 43.6.